The van der Waals surface area contributed by atoms with Gasteiger partial charge in [0.2, 0.25) is 5.91 Å². The van der Waals surface area contributed by atoms with Crippen LogP contribution in [0.1, 0.15) is 18.3 Å². The quantitative estimate of drug-likeness (QED) is 0.881. The zero-order chi connectivity index (χ0) is 16.3. The van der Waals surface area contributed by atoms with Crippen LogP contribution in [0.15, 0.2) is 28.7 Å². The first-order valence-electron chi connectivity index (χ1n) is 7.06. The lowest BCUT2D eigenvalue weighted by Crippen LogP contribution is -2.25. The van der Waals surface area contributed by atoms with Gasteiger partial charge in [0.15, 0.2) is 0 Å². The highest BCUT2D eigenvalue weighted by Crippen LogP contribution is 2.21. The van der Waals surface area contributed by atoms with Crippen molar-refractivity contribution in [3.05, 3.63) is 40.1 Å². The highest BCUT2D eigenvalue weighted by Gasteiger charge is 2.17. The summed E-state index contributed by atoms with van der Waals surface area (Å²) in [7, 11) is 1.61. The Labute approximate surface area is 138 Å². The van der Waals surface area contributed by atoms with Crippen LogP contribution in [0.25, 0.3) is 0 Å². The molecule has 0 aliphatic carbocycles. The van der Waals surface area contributed by atoms with E-state index < -0.39 is 0 Å². The van der Waals surface area contributed by atoms with Crippen LogP contribution in [-0.4, -0.2) is 22.8 Å². The van der Waals surface area contributed by atoms with Crippen molar-refractivity contribution >= 4 is 27.5 Å². The van der Waals surface area contributed by atoms with Gasteiger partial charge in [-0.1, -0.05) is 6.92 Å². The van der Waals surface area contributed by atoms with Gasteiger partial charge in [-0.25, -0.2) is 0 Å². The van der Waals surface area contributed by atoms with Crippen LogP contribution < -0.4 is 10.1 Å². The molecule has 22 heavy (non-hydrogen) atoms. The van der Waals surface area contributed by atoms with E-state index in [4.69, 9.17) is 4.74 Å². The molecule has 118 valence electrons. The first-order valence-corrected chi connectivity index (χ1v) is 7.86. The minimum Gasteiger partial charge on any atom is -0.497 e. The largest absolute Gasteiger partial charge is 0.497 e. The average molecular weight is 366 g/mol. The second-order valence-corrected chi connectivity index (χ2v) is 6.08. The van der Waals surface area contributed by atoms with E-state index in [0.717, 1.165) is 27.3 Å². The smallest absolute Gasteiger partial charge is 0.229 e. The van der Waals surface area contributed by atoms with E-state index in [0.29, 0.717) is 6.54 Å². The van der Waals surface area contributed by atoms with Crippen LogP contribution in [0.4, 0.5) is 5.69 Å². The average Bonchev–Trinajstić information content (AvgIpc) is 2.75. The normalized spacial score (nSPS) is 12.0. The molecule has 1 aromatic heterocycles. The second kappa shape index (κ2) is 6.96. The van der Waals surface area contributed by atoms with Crippen molar-refractivity contribution in [1.29, 1.82) is 0 Å². The summed E-state index contributed by atoms with van der Waals surface area (Å²) in [6.45, 7) is 6.36. The molecular formula is C16H20BrN3O2. The molecule has 2 aromatic rings. The Kier molecular flexibility index (Phi) is 5.24. The summed E-state index contributed by atoms with van der Waals surface area (Å²) in [5.41, 5.74) is 2.72. The summed E-state index contributed by atoms with van der Waals surface area (Å²) < 4.78 is 7.95. The Hall–Kier alpha value is -1.82. The summed E-state index contributed by atoms with van der Waals surface area (Å²) in [5, 5.41) is 7.34. The monoisotopic (exact) mass is 365 g/mol. The van der Waals surface area contributed by atoms with Crippen molar-refractivity contribution in [3.63, 3.8) is 0 Å². The molecule has 0 unspecified atom stereocenters. The van der Waals surface area contributed by atoms with E-state index in [9.17, 15) is 4.79 Å². The van der Waals surface area contributed by atoms with Crippen molar-refractivity contribution in [2.45, 2.75) is 27.3 Å². The van der Waals surface area contributed by atoms with Gasteiger partial charge in [-0.2, -0.15) is 5.10 Å². The number of anilines is 1. The van der Waals surface area contributed by atoms with E-state index in [1.807, 2.05) is 49.7 Å². The lowest BCUT2D eigenvalue weighted by Gasteiger charge is -2.13. The van der Waals surface area contributed by atoms with E-state index in [1.54, 1.807) is 7.11 Å². The highest BCUT2D eigenvalue weighted by atomic mass is 79.9. The van der Waals surface area contributed by atoms with Crippen LogP contribution in [0.5, 0.6) is 5.75 Å². The number of ether oxygens (including phenoxy) is 1. The van der Waals surface area contributed by atoms with Gasteiger partial charge in [0, 0.05) is 11.4 Å². The predicted molar refractivity (Wildman–Crippen MR) is 90.2 cm³/mol. The van der Waals surface area contributed by atoms with Crippen molar-refractivity contribution < 1.29 is 9.53 Å². The molecule has 0 spiro atoms. The zero-order valence-electron chi connectivity index (χ0n) is 13.2. The lowest BCUT2D eigenvalue weighted by molar-refractivity contribution is -0.119. The maximum Gasteiger partial charge on any atom is 0.229 e. The number of nitrogens with one attached hydrogen (secondary N) is 1. The Morgan fingerprint density at radius 1 is 1.36 bits per heavy atom. The molecule has 0 fully saturated rings. The molecule has 1 atom stereocenters. The third-order valence-electron chi connectivity index (χ3n) is 3.55. The highest BCUT2D eigenvalue weighted by molar-refractivity contribution is 9.10. The molecule has 0 aliphatic heterocycles. The number of halogens is 1. The van der Waals surface area contributed by atoms with Crippen LogP contribution in [0.2, 0.25) is 0 Å². The van der Waals surface area contributed by atoms with Crippen LogP contribution >= 0.6 is 15.9 Å². The number of methoxy groups -OCH3 is 1. The Bertz CT molecular complexity index is 665. The molecule has 0 radical (unpaired) electrons. The Balaban J connectivity index is 2.00. The Morgan fingerprint density at radius 3 is 2.50 bits per heavy atom. The molecule has 0 saturated heterocycles. The van der Waals surface area contributed by atoms with Gasteiger partial charge in [-0.05, 0) is 54.0 Å². The van der Waals surface area contributed by atoms with Crippen LogP contribution in [-0.2, 0) is 11.3 Å². The van der Waals surface area contributed by atoms with Gasteiger partial charge in [0.1, 0.15) is 5.75 Å². The summed E-state index contributed by atoms with van der Waals surface area (Å²) in [5.74, 6) is 0.541. The number of carbonyl (C=O) groups excluding carboxylic acids is 1. The lowest BCUT2D eigenvalue weighted by atomic mass is 10.1. The summed E-state index contributed by atoms with van der Waals surface area (Å²) in [6.07, 6.45) is 0. The zero-order valence-corrected chi connectivity index (χ0v) is 14.8. The SMILES string of the molecule is COc1ccc(NC(=O)[C@@H](C)Cn2nc(C)c(Br)c2C)cc1. The number of amides is 1. The fraction of sp³-hybridized carbons (Fsp3) is 0.375. The first kappa shape index (κ1) is 16.5. The van der Waals surface area contributed by atoms with Gasteiger partial charge in [0.05, 0.1) is 29.7 Å². The molecule has 1 heterocycles. The molecular weight excluding hydrogens is 346 g/mol. The minimum atomic E-state index is -0.188. The number of aryl methyl sites for hydroxylation is 1. The van der Waals surface area contributed by atoms with Crippen molar-refractivity contribution in [1.82, 2.24) is 9.78 Å². The number of nitrogens with zero attached hydrogens (tertiary/aromatic N) is 2. The fourth-order valence-electron chi connectivity index (χ4n) is 2.13. The second-order valence-electron chi connectivity index (χ2n) is 5.29. The van der Waals surface area contributed by atoms with Crippen molar-refractivity contribution in [2.75, 3.05) is 12.4 Å². The Morgan fingerprint density at radius 2 is 2.00 bits per heavy atom. The molecule has 2 rings (SSSR count). The molecule has 1 N–H and O–H groups in total. The summed E-state index contributed by atoms with van der Waals surface area (Å²) in [6, 6.07) is 7.28. The van der Waals surface area contributed by atoms with Crippen molar-refractivity contribution in [2.24, 2.45) is 5.92 Å². The molecule has 0 bridgehead atoms. The molecule has 1 amide bonds. The fourth-order valence-corrected chi connectivity index (χ4v) is 2.42. The predicted octanol–water partition coefficient (Wildman–Crippen LogP) is 3.55. The van der Waals surface area contributed by atoms with Gasteiger partial charge in [-0.15, -0.1) is 0 Å². The number of carbonyl (C=O) groups is 1. The third kappa shape index (κ3) is 3.68. The maximum absolute atomic E-state index is 12.3. The number of hydrogen-bond acceptors (Lipinski definition) is 3. The third-order valence-corrected chi connectivity index (χ3v) is 4.69. The molecule has 0 saturated carbocycles. The van der Waals surface area contributed by atoms with Crippen molar-refractivity contribution in [3.8, 4) is 5.75 Å². The van der Waals surface area contributed by atoms with Gasteiger partial charge in [0.25, 0.3) is 0 Å². The van der Waals surface area contributed by atoms with E-state index in [2.05, 4.69) is 26.3 Å². The minimum absolute atomic E-state index is 0.0335. The van der Waals surface area contributed by atoms with E-state index >= 15 is 0 Å². The topological polar surface area (TPSA) is 56.1 Å². The van der Waals surface area contributed by atoms with Gasteiger partial charge < -0.3 is 10.1 Å². The molecule has 1 aromatic carbocycles. The summed E-state index contributed by atoms with van der Waals surface area (Å²) in [4.78, 5) is 12.3. The van der Waals surface area contributed by atoms with Gasteiger partial charge >= 0.3 is 0 Å². The van der Waals surface area contributed by atoms with E-state index in [-0.39, 0.29) is 11.8 Å². The van der Waals surface area contributed by atoms with Gasteiger partial charge in [-0.3, -0.25) is 9.48 Å². The first-order chi connectivity index (χ1) is 10.4. The van der Waals surface area contributed by atoms with Crippen LogP contribution in [0.3, 0.4) is 0 Å². The molecule has 6 heteroatoms. The molecule has 0 aliphatic rings. The number of benzene rings is 1. The summed E-state index contributed by atoms with van der Waals surface area (Å²) >= 11 is 3.50. The number of hydrogen-bond donors (Lipinski definition) is 1. The number of aromatic nitrogens is 2. The molecule has 5 nitrogen and oxygen atoms in total. The van der Waals surface area contributed by atoms with E-state index in [1.165, 1.54) is 0 Å². The standard InChI is InChI=1S/C16H20BrN3O2/c1-10(9-20-12(3)15(17)11(2)19-20)16(21)18-13-5-7-14(22-4)8-6-13/h5-8,10H,9H2,1-4H3,(H,18,21)/t10-/m0/s1. The maximum atomic E-state index is 12.3. The van der Waals surface area contributed by atoms with Crippen LogP contribution in [0, 0.1) is 19.8 Å². The number of rotatable bonds is 5.